The van der Waals surface area contributed by atoms with Crippen LogP contribution < -0.4 is 25.8 Å². The van der Waals surface area contributed by atoms with E-state index >= 15 is 0 Å². The van der Waals surface area contributed by atoms with Gasteiger partial charge >= 0.3 is 0 Å². The minimum absolute atomic E-state index is 0.0470. The molecular weight excluding hydrogens is 474 g/mol. The zero-order valence-corrected chi connectivity index (χ0v) is 20.1. The van der Waals surface area contributed by atoms with E-state index in [0.29, 0.717) is 17.1 Å². The molecule has 0 unspecified atom stereocenters. The average molecular weight is 502 g/mol. The van der Waals surface area contributed by atoms with Crippen LogP contribution in [-0.4, -0.2) is 29.9 Å². The molecule has 34 heavy (non-hydrogen) atoms. The second-order valence-electron chi connectivity index (χ2n) is 8.13. The Balaban J connectivity index is 1.69. The molecule has 9 nitrogen and oxygen atoms in total. The first-order valence-corrected chi connectivity index (χ1v) is 13.8. The van der Waals surface area contributed by atoms with Crippen LogP contribution in [0.15, 0.2) is 76.5 Å². The Bertz CT molecular complexity index is 1370. The molecule has 0 spiro atoms. The molecule has 1 saturated heterocycles. The van der Waals surface area contributed by atoms with Crippen LogP contribution in [0.4, 0.5) is 28.4 Å². The zero-order valence-electron chi connectivity index (χ0n) is 18.4. The summed E-state index contributed by atoms with van der Waals surface area (Å²) in [6, 6.07) is 16.5. The Morgan fingerprint density at radius 2 is 1.15 bits per heavy atom. The van der Waals surface area contributed by atoms with Gasteiger partial charge in [0.25, 0.3) is 20.0 Å². The van der Waals surface area contributed by atoms with Gasteiger partial charge in [-0.25, -0.2) is 16.8 Å². The van der Waals surface area contributed by atoms with Gasteiger partial charge in [-0.3, -0.25) is 9.44 Å². The lowest BCUT2D eigenvalue weighted by molar-refractivity contribution is 0.578. The summed E-state index contributed by atoms with van der Waals surface area (Å²) in [4.78, 5) is 2.20. The van der Waals surface area contributed by atoms with Crippen LogP contribution in [0.3, 0.4) is 0 Å². The third-order valence-corrected chi connectivity index (χ3v) is 8.35. The minimum atomic E-state index is -3.93. The lowest BCUT2D eigenvalue weighted by atomic mass is 10.1. The standard InChI is InChI=1S/C23H27N5O4S2/c24-17-4-9-20(10-5-17)33(29,30)26-19-8-13-23(28-14-2-1-3-15-28)22(16-19)27-34(31,32)21-11-6-18(25)7-12-21/h4-13,16,26-27H,1-3,14-15,24-25H2. The highest BCUT2D eigenvalue weighted by Gasteiger charge is 2.22. The molecule has 6 N–H and O–H groups in total. The van der Waals surface area contributed by atoms with Crippen molar-refractivity contribution in [2.75, 3.05) is 38.9 Å². The predicted octanol–water partition coefficient (Wildman–Crippen LogP) is 3.44. The van der Waals surface area contributed by atoms with Gasteiger partial charge in [-0.1, -0.05) is 0 Å². The predicted molar refractivity (Wildman–Crippen MR) is 136 cm³/mol. The van der Waals surface area contributed by atoms with Gasteiger partial charge < -0.3 is 16.4 Å². The van der Waals surface area contributed by atoms with Gasteiger partial charge in [-0.15, -0.1) is 0 Å². The number of nitrogens with one attached hydrogen (secondary N) is 2. The monoisotopic (exact) mass is 501 g/mol. The summed E-state index contributed by atoms with van der Waals surface area (Å²) in [6.07, 6.45) is 3.10. The molecule has 0 aromatic heterocycles. The maximum absolute atomic E-state index is 13.1. The third kappa shape index (κ3) is 5.37. The number of hydrogen-bond donors (Lipinski definition) is 4. The molecule has 0 bridgehead atoms. The molecule has 3 aromatic rings. The Morgan fingerprint density at radius 3 is 1.68 bits per heavy atom. The van der Waals surface area contributed by atoms with Crippen molar-refractivity contribution in [3.8, 4) is 0 Å². The topological polar surface area (TPSA) is 148 Å². The summed E-state index contributed by atoms with van der Waals surface area (Å²) in [5.41, 5.74) is 13.4. The number of hydrogen-bond acceptors (Lipinski definition) is 7. The van der Waals surface area contributed by atoms with Crippen molar-refractivity contribution in [3.05, 3.63) is 66.7 Å². The maximum Gasteiger partial charge on any atom is 0.261 e. The Hall–Kier alpha value is -3.44. The molecule has 0 radical (unpaired) electrons. The van der Waals surface area contributed by atoms with Crippen molar-refractivity contribution in [2.45, 2.75) is 29.1 Å². The highest BCUT2D eigenvalue weighted by Crippen LogP contribution is 2.34. The van der Waals surface area contributed by atoms with E-state index in [-0.39, 0.29) is 21.2 Å². The second-order valence-corrected chi connectivity index (χ2v) is 11.5. The van der Waals surface area contributed by atoms with Crippen LogP contribution in [-0.2, 0) is 20.0 Å². The molecule has 0 atom stereocenters. The van der Waals surface area contributed by atoms with E-state index in [1.54, 1.807) is 12.1 Å². The molecule has 1 heterocycles. The molecule has 1 aliphatic heterocycles. The molecule has 0 amide bonds. The zero-order chi connectivity index (χ0) is 24.3. The normalized spacial score (nSPS) is 14.5. The quantitative estimate of drug-likeness (QED) is 0.363. The summed E-state index contributed by atoms with van der Waals surface area (Å²) in [5, 5.41) is 0. The number of sulfonamides is 2. The SMILES string of the molecule is Nc1ccc(S(=O)(=O)Nc2ccc(N3CCCCC3)c(NS(=O)(=O)c3ccc(N)cc3)c2)cc1. The van der Waals surface area contributed by atoms with Gasteiger partial charge in [0, 0.05) is 24.5 Å². The van der Waals surface area contributed by atoms with Crippen molar-refractivity contribution < 1.29 is 16.8 Å². The van der Waals surface area contributed by atoms with Crippen molar-refractivity contribution in [1.82, 2.24) is 0 Å². The number of nitrogens with two attached hydrogens (primary N) is 2. The number of rotatable bonds is 7. The van der Waals surface area contributed by atoms with Crippen molar-refractivity contribution in [1.29, 1.82) is 0 Å². The smallest absolute Gasteiger partial charge is 0.261 e. The van der Waals surface area contributed by atoms with E-state index in [1.165, 1.54) is 54.6 Å². The molecule has 3 aromatic carbocycles. The molecular formula is C23H27N5O4S2. The number of piperidine rings is 1. The fraction of sp³-hybridized carbons (Fsp3) is 0.217. The molecule has 180 valence electrons. The summed E-state index contributed by atoms with van der Waals surface area (Å²) in [5.74, 6) is 0. The molecule has 11 heteroatoms. The third-order valence-electron chi connectivity index (χ3n) is 5.57. The van der Waals surface area contributed by atoms with Crippen molar-refractivity contribution in [3.63, 3.8) is 0 Å². The van der Waals surface area contributed by atoms with Gasteiger partial charge in [-0.2, -0.15) is 0 Å². The van der Waals surface area contributed by atoms with Gasteiger partial charge in [0.05, 0.1) is 26.9 Å². The summed E-state index contributed by atoms with van der Waals surface area (Å²) in [6.45, 7) is 1.57. The molecule has 4 rings (SSSR count). The largest absolute Gasteiger partial charge is 0.399 e. The lowest BCUT2D eigenvalue weighted by Crippen LogP contribution is -2.30. The number of nitrogens with zero attached hydrogens (tertiary/aromatic N) is 1. The van der Waals surface area contributed by atoms with E-state index in [0.717, 1.165) is 32.4 Å². The lowest BCUT2D eigenvalue weighted by Gasteiger charge is -2.31. The van der Waals surface area contributed by atoms with Crippen molar-refractivity contribution in [2.24, 2.45) is 0 Å². The Kier molecular flexibility index (Phi) is 6.58. The van der Waals surface area contributed by atoms with E-state index in [4.69, 9.17) is 11.5 Å². The Morgan fingerprint density at radius 1 is 0.647 bits per heavy atom. The average Bonchev–Trinajstić information content (AvgIpc) is 2.80. The van der Waals surface area contributed by atoms with E-state index in [9.17, 15) is 16.8 Å². The number of nitrogen functional groups attached to an aromatic ring is 2. The van der Waals surface area contributed by atoms with Gasteiger partial charge in [0.15, 0.2) is 0 Å². The highest BCUT2D eigenvalue weighted by atomic mass is 32.2. The Labute approximate surface area is 199 Å². The van der Waals surface area contributed by atoms with E-state index < -0.39 is 20.0 Å². The van der Waals surface area contributed by atoms with Gasteiger partial charge in [0.2, 0.25) is 0 Å². The molecule has 1 fully saturated rings. The van der Waals surface area contributed by atoms with Crippen LogP contribution in [0.25, 0.3) is 0 Å². The van der Waals surface area contributed by atoms with Gasteiger partial charge in [0.1, 0.15) is 0 Å². The fourth-order valence-corrected chi connectivity index (χ4v) is 5.92. The summed E-state index contributed by atoms with van der Waals surface area (Å²) >= 11 is 0. The number of anilines is 5. The van der Waals surface area contributed by atoms with Crippen molar-refractivity contribution >= 4 is 48.5 Å². The summed E-state index contributed by atoms with van der Waals surface area (Å²) in [7, 11) is -7.83. The fourth-order valence-electron chi connectivity index (χ4n) is 3.80. The molecule has 1 aliphatic rings. The van der Waals surface area contributed by atoms with Crippen LogP contribution in [0.1, 0.15) is 19.3 Å². The van der Waals surface area contributed by atoms with E-state index in [1.807, 2.05) is 0 Å². The molecule has 0 saturated carbocycles. The number of benzene rings is 3. The summed E-state index contributed by atoms with van der Waals surface area (Å²) < 4.78 is 57.0. The molecule has 0 aliphatic carbocycles. The van der Waals surface area contributed by atoms with E-state index in [2.05, 4.69) is 14.3 Å². The minimum Gasteiger partial charge on any atom is -0.399 e. The van der Waals surface area contributed by atoms with Crippen LogP contribution in [0.5, 0.6) is 0 Å². The van der Waals surface area contributed by atoms with Crippen LogP contribution in [0.2, 0.25) is 0 Å². The highest BCUT2D eigenvalue weighted by molar-refractivity contribution is 7.93. The first kappa shape index (κ1) is 23.7. The van der Waals surface area contributed by atoms with Gasteiger partial charge in [-0.05, 0) is 86.0 Å². The van der Waals surface area contributed by atoms with Crippen LogP contribution in [0, 0.1) is 0 Å². The second kappa shape index (κ2) is 9.43. The maximum atomic E-state index is 13.1. The first-order valence-electron chi connectivity index (χ1n) is 10.8. The first-order chi connectivity index (χ1) is 16.1. The van der Waals surface area contributed by atoms with Crippen LogP contribution >= 0.6 is 0 Å².